The predicted octanol–water partition coefficient (Wildman–Crippen LogP) is 3.80. The lowest BCUT2D eigenvalue weighted by Gasteiger charge is -2.26. The average Bonchev–Trinajstić information content (AvgIpc) is 3.13. The highest BCUT2D eigenvalue weighted by atomic mass is 16.2. The Labute approximate surface area is 176 Å². The second kappa shape index (κ2) is 8.95. The van der Waals surface area contributed by atoms with Gasteiger partial charge in [0.1, 0.15) is 5.82 Å². The SMILES string of the molecule is Cn1nc(C(=O)NC2CCCc3ccccc32)cc1NC(=O)CCc1ccccc1. The predicted molar refractivity (Wildman–Crippen MR) is 116 cm³/mol. The van der Waals surface area contributed by atoms with E-state index in [4.69, 9.17) is 0 Å². The van der Waals surface area contributed by atoms with Crippen LogP contribution in [0.5, 0.6) is 0 Å². The lowest BCUT2D eigenvalue weighted by atomic mass is 9.88. The minimum Gasteiger partial charge on any atom is -0.344 e. The molecule has 2 aromatic carbocycles. The molecule has 1 atom stereocenters. The highest BCUT2D eigenvalue weighted by molar-refractivity contribution is 5.95. The Kier molecular flexibility index (Phi) is 5.93. The lowest BCUT2D eigenvalue weighted by Crippen LogP contribution is -2.31. The van der Waals surface area contributed by atoms with Gasteiger partial charge in [-0.2, -0.15) is 5.10 Å². The van der Waals surface area contributed by atoms with Crippen LogP contribution in [0, 0.1) is 0 Å². The van der Waals surface area contributed by atoms with Crippen LogP contribution in [0.4, 0.5) is 5.82 Å². The topological polar surface area (TPSA) is 76.0 Å². The number of nitrogens with one attached hydrogen (secondary N) is 2. The smallest absolute Gasteiger partial charge is 0.272 e. The van der Waals surface area contributed by atoms with Crippen molar-refractivity contribution in [3.63, 3.8) is 0 Å². The molecule has 0 aliphatic heterocycles. The Hall–Kier alpha value is -3.41. The summed E-state index contributed by atoms with van der Waals surface area (Å²) in [4.78, 5) is 25.1. The van der Waals surface area contributed by atoms with Gasteiger partial charge in [-0.15, -0.1) is 0 Å². The molecule has 1 heterocycles. The van der Waals surface area contributed by atoms with Crippen molar-refractivity contribution in [3.8, 4) is 0 Å². The van der Waals surface area contributed by atoms with E-state index in [1.807, 2.05) is 42.5 Å². The molecule has 0 fully saturated rings. The lowest BCUT2D eigenvalue weighted by molar-refractivity contribution is -0.116. The number of hydrogen-bond acceptors (Lipinski definition) is 3. The second-order valence-electron chi connectivity index (χ2n) is 7.69. The summed E-state index contributed by atoms with van der Waals surface area (Å²) >= 11 is 0. The summed E-state index contributed by atoms with van der Waals surface area (Å²) in [6.45, 7) is 0. The van der Waals surface area contributed by atoms with Crippen LogP contribution in [-0.2, 0) is 24.7 Å². The summed E-state index contributed by atoms with van der Waals surface area (Å²) in [6.07, 6.45) is 4.05. The van der Waals surface area contributed by atoms with Crippen molar-refractivity contribution in [2.45, 2.75) is 38.1 Å². The number of hydrogen-bond donors (Lipinski definition) is 2. The van der Waals surface area contributed by atoms with Gasteiger partial charge in [-0.3, -0.25) is 14.3 Å². The summed E-state index contributed by atoms with van der Waals surface area (Å²) in [6, 6.07) is 19.8. The summed E-state index contributed by atoms with van der Waals surface area (Å²) in [5.74, 6) is 0.189. The van der Waals surface area contributed by atoms with E-state index in [9.17, 15) is 9.59 Å². The zero-order valence-electron chi connectivity index (χ0n) is 17.1. The molecule has 2 amide bonds. The van der Waals surface area contributed by atoms with Gasteiger partial charge in [-0.1, -0.05) is 54.6 Å². The molecule has 0 bridgehead atoms. The molecule has 154 valence electrons. The van der Waals surface area contributed by atoms with Gasteiger partial charge in [0, 0.05) is 19.5 Å². The maximum atomic E-state index is 12.8. The fourth-order valence-electron chi connectivity index (χ4n) is 3.94. The second-order valence-corrected chi connectivity index (χ2v) is 7.69. The number of benzene rings is 2. The van der Waals surface area contributed by atoms with Crippen LogP contribution < -0.4 is 10.6 Å². The van der Waals surface area contributed by atoms with E-state index in [1.165, 1.54) is 15.8 Å². The van der Waals surface area contributed by atoms with E-state index in [2.05, 4.69) is 27.9 Å². The summed E-state index contributed by atoms with van der Waals surface area (Å²) in [5, 5.41) is 10.3. The minimum atomic E-state index is -0.225. The summed E-state index contributed by atoms with van der Waals surface area (Å²) < 4.78 is 1.53. The Bertz CT molecular complexity index is 1040. The highest BCUT2D eigenvalue weighted by Crippen LogP contribution is 2.29. The normalized spacial score (nSPS) is 15.3. The van der Waals surface area contributed by atoms with Gasteiger partial charge >= 0.3 is 0 Å². The quantitative estimate of drug-likeness (QED) is 0.658. The third-order valence-electron chi connectivity index (χ3n) is 5.54. The standard InChI is InChI=1S/C24H26N4O2/c1-28-22(26-23(29)15-14-17-8-3-2-4-9-17)16-21(27-28)24(30)25-20-13-7-11-18-10-5-6-12-19(18)20/h2-6,8-10,12,16,20H,7,11,13-15H2,1H3,(H,25,30)(H,26,29). The van der Waals surface area contributed by atoms with E-state index in [-0.39, 0.29) is 17.9 Å². The van der Waals surface area contributed by atoms with Gasteiger partial charge < -0.3 is 10.6 Å². The summed E-state index contributed by atoms with van der Waals surface area (Å²) in [7, 11) is 1.72. The van der Waals surface area contributed by atoms with Crippen LogP contribution in [0.2, 0.25) is 0 Å². The Morgan fingerprint density at radius 3 is 2.70 bits per heavy atom. The van der Waals surface area contributed by atoms with Gasteiger partial charge in [0.2, 0.25) is 5.91 Å². The molecule has 0 radical (unpaired) electrons. The molecule has 1 aliphatic rings. The van der Waals surface area contributed by atoms with E-state index >= 15 is 0 Å². The van der Waals surface area contributed by atoms with E-state index < -0.39 is 0 Å². The molecule has 4 rings (SSSR count). The van der Waals surface area contributed by atoms with Gasteiger partial charge in [-0.05, 0) is 42.4 Å². The summed E-state index contributed by atoms with van der Waals surface area (Å²) in [5.41, 5.74) is 3.90. The van der Waals surface area contributed by atoms with Crippen molar-refractivity contribution in [1.82, 2.24) is 15.1 Å². The Morgan fingerprint density at radius 1 is 1.10 bits per heavy atom. The number of carbonyl (C=O) groups is 2. The molecule has 0 spiro atoms. The first-order valence-electron chi connectivity index (χ1n) is 10.4. The van der Waals surface area contributed by atoms with Crippen molar-refractivity contribution in [1.29, 1.82) is 0 Å². The van der Waals surface area contributed by atoms with Crippen molar-refractivity contribution < 1.29 is 9.59 Å². The zero-order chi connectivity index (χ0) is 20.9. The molecule has 1 aromatic heterocycles. The van der Waals surface area contributed by atoms with Crippen LogP contribution in [-0.4, -0.2) is 21.6 Å². The van der Waals surface area contributed by atoms with Crippen molar-refractivity contribution in [2.24, 2.45) is 7.05 Å². The Balaban J connectivity index is 1.37. The number of amides is 2. The van der Waals surface area contributed by atoms with Crippen LogP contribution in [0.3, 0.4) is 0 Å². The van der Waals surface area contributed by atoms with Crippen molar-refractivity contribution in [2.75, 3.05) is 5.32 Å². The number of fused-ring (bicyclic) bond motifs is 1. The minimum absolute atomic E-state index is 0.00614. The third kappa shape index (κ3) is 4.59. The highest BCUT2D eigenvalue weighted by Gasteiger charge is 2.23. The van der Waals surface area contributed by atoms with Crippen LogP contribution in [0.1, 0.15) is 52.5 Å². The number of anilines is 1. The van der Waals surface area contributed by atoms with Crippen LogP contribution in [0.25, 0.3) is 0 Å². The fourth-order valence-corrected chi connectivity index (χ4v) is 3.94. The van der Waals surface area contributed by atoms with E-state index in [1.54, 1.807) is 13.1 Å². The molecule has 6 heteroatoms. The van der Waals surface area contributed by atoms with Crippen molar-refractivity contribution >= 4 is 17.6 Å². The largest absolute Gasteiger partial charge is 0.344 e. The van der Waals surface area contributed by atoms with Crippen LogP contribution >= 0.6 is 0 Å². The fraction of sp³-hybridized carbons (Fsp3) is 0.292. The molecule has 0 saturated heterocycles. The molecular weight excluding hydrogens is 376 g/mol. The molecule has 1 unspecified atom stereocenters. The maximum absolute atomic E-state index is 12.8. The number of rotatable bonds is 6. The number of aryl methyl sites for hydroxylation is 3. The molecule has 6 nitrogen and oxygen atoms in total. The third-order valence-corrected chi connectivity index (χ3v) is 5.54. The van der Waals surface area contributed by atoms with Gasteiger partial charge in [0.15, 0.2) is 5.69 Å². The van der Waals surface area contributed by atoms with Gasteiger partial charge in [0.25, 0.3) is 5.91 Å². The van der Waals surface area contributed by atoms with E-state index in [0.29, 0.717) is 24.4 Å². The average molecular weight is 402 g/mol. The molecule has 2 N–H and O–H groups in total. The molecular formula is C24H26N4O2. The monoisotopic (exact) mass is 402 g/mol. The first-order chi connectivity index (χ1) is 14.6. The molecule has 3 aromatic rings. The first-order valence-corrected chi connectivity index (χ1v) is 10.4. The van der Waals surface area contributed by atoms with Gasteiger partial charge in [-0.25, -0.2) is 0 Å². The number of aromatic nitrogens is 2. The molecule has 30 heavy (non-hydrogen) atoms. The van der Waals surface area contributed by atoms with E-state index in [0.717, 1.165) is 24.8 Å². The maximum Gasteiger partial charge on any atom is 0.272 e. The zero-order valence-corrected chi connectivity index (χ0v) is 17.1. The number of nitrogens with zero attached hydrogens (tertiary/aromatic N) is 2. The molecule has 0 saturated carbocycles. The number of carbonyl (C=O) groups excluding carboxylic acids is 2. The first kappa shape index (κ1) is 19.9. The van der Waals surface area contributed by atoms with Crippen LogP contribution in [0.15, 0.2) is 60.7 Å². The Morgan fingerprint density at radius 2 is 1.87 bits per heavy atom. The molecule has 1 aliphatic carbocycles. The van der Waals surface area contributed by atoms with Crippen molar-refractivity contribution in [3.05, 3.63) is 83.0 Å². The van der Waals surface area contributed by atoms with Gasteiger partial charge in [0.05, 0.1) is 6.04 Å².